The zero-order chi connectivity index (χ0) is 11.3. The molecule has 1 atom stereocenters. The molecule has 0 aliphatic rings. The van der Waals surface area contributed by atoms with Gasteiger partial charge in [0.05, 0.1) is 12.5 Å². The summed E-state index contributed by atoms with van der Waals surface area (Å²) >= 11 is 1.23. The molecule has 1 aromatic carbocycles. The number of carbonyl (C=O) groups is 1. The van der Waals surface area contributed by atoms with Crippen LogP contribution in [0.2, 0.25) is 0 Å². The lowest BCUT2D eigenvalue weighted by molar-refractivity contribution is -0.138. The minimum Gasteiger partial charge on any atom is -0.481 e. The Morgan fingerprint density at radius 3 is 2.87 bits per heavy atom. The third-order valence-electron chi connectivity index (χ3n) is 1.65. The van der Waals surface area contributed by atoms with E-state index in [2.05, 4.69) is 0 Å². The molecule has 0 amide bonds. The predicted molar refractivity (Wildman–Crippen MR) is 55.4 cm³/mol. The van der Waals surface area contributed by atoms with Crippen LogP contribution in [-0.4, -0.2) is 28.0 Å². The highest BCUT2D eigenvalue weighted by Crippen LogP contribution is 2.20. The van der Waals surface area contributed by atoms with Gasteiger partial charge in [-0.2, -0.15) is 0 Å². The van der Waals surface area contributed by atoms with E-state index in [0.29, 0.717) is 4.90 Å². The maximum atomic E-state index is 12.7. The van der Waals surface area contributed by atoms with Crippen LogP contribution in [0.3, 0.4) is 0 Å². The zero-order valence-electron chi connectivity index (χ0n) is 7.89. The van der Waals surface area contributed by atoms with Crippen LogP contribution in [0.25, 0.3) is 0 Å². The van der Waals surface area contributed by atoms with Gasteiger partial charge in [0, 0.05) is 10.6 Å². The molecule has 3 nitrogen and oxygen atoms in total. The largest absolute Gasteiger partial charge is 0.481 e. The Hall–Kier alpha value is -1.07. The highest BCUT2D eigenvalue weighted by atomic mass is 32.2. The smallest absolute Gasteiger partial charge is 0.306 e. The average Bonchev–Trinajstić information content (AvgIpc) is 2.14. The second-order valence-electron chi connectivity index (χ2n) is 3.02. The number of carboxylic acids is 1. The van der Waals surface area contributed by atoms with Crippen molar-refractivity contribution in [1.82, 2.24) is 0 Å². The lowest BCUT2D eigenvalue weighted by Gasteiger charge is -2.07. The first-order chi connectivity index (χ1) is 7.08. The van der Waals surface area contributed by atoms with Gasteiger partial charge in [-0.25, -0.2) is 4.39 Å². The number of hydrogen-bond donors (Lipinski definition) is 2. The highest BCUT2D eigenvalue weighted by molar-refractivity contribution is 7.99. The number of benzene rings is 1. The summed E-state index contributed by atoms with van der Waals surface area (Å²) in [6.07, 6.45) is -1.20. The van der Waals surface area contributed by atoms with E-state index in [1.54, 1.807) is 12.1 Å². The molecule has 2 N–H and O–H groups in total. The third kappa shape index (κ3) is 4.80. The Kier molecular flexibility index (Phi) is 4.58. The van der Waals surface area contributed by atoms with Crippen LogP contribution >= 0.6 is 11.8 Å². The Morgan fingerprint density at radius 2 is 2.27 bits per heavy atom. The molecule has 1 rings (SSSR count). The van der Waals surface area contributed by atoms with Crippen molar-refractivity contribution in [2.24, 2.45) is 0 Å². The molecule has 1 unspecified atom stereocenters. The number of hydrogen-bond acceptors (Lipinski definition) is 3. The van der Waals surface area contributed by atoms with Crippen molar-refractivity contribution in [2.75, 3.05) is 5.75 Å². The maximum Gasteiger partial charge on any atom is 0.306 e. The van der Waals surface area contributed by atoms with Crippen LogP contribution in [0, 0.1) is 5.82 Å². The highest BCUT2D eigenvalue weighted by Gasteiger charge is 2.09. The summed E-state index contributed by atoms with van der Waals surface area (Å²) in [7, 11) is 0. The summed E-state index contributed by atoms with van der Waals surface area (Å²) in [5.41, 5.74) is 0. The molecule has 0 spiro atoms. The monoisotopic (exact) mass is 230 g/mol. The molecule has 0 radical (unpaired) electrons. The topological polar surface area (TPSA) is 57.5 Å². The SMILES string of the molecule is O=C(O)CC(O)CSc1cccc(F)c1. The van der Waals surface area contributed by atoms with Gasteiger partial charge < -0.3 is 10.2 Å². The lowest BCUT2D eigenvalue weighted by atomic mass is 10.3. The van der Waals surface area contributed by atoms with E-state index < -0.39 is 12.1 Å². The summed E-state index contributed by atoms with van der Waals surface area (Å²) in [5, 5.41) is 17.7. The first kappa shape index (κ1) is 12.0. The van der Waals surface area contributed by atoms with E-state index in [0.717, 1.165) is 0 Å². The second-order valence-corrected chi connectivity index (χ2v) is 4.11. The lowest BCUT2D eigenvalue weighted by Crippen LogP contribution is -2.15. The Morgan fingerprint density at radius 1 is 1.53 bits per heavy atom. The normalized spacial score (nSPS) is 12.4. The summed E-state index contributed by atoms with van der Waals surface area (Å²) in [4.78, 5) is 10.9. The summed E-state index contributed by atoms with van der Waals surface area (Å²) in [6.45, 7) is 0. The average molecular weight is 230 g/mol. The van der Waals surface area contributed by atoms with Crippen molar-refractivity contribution in [1.29, 1.82) is 0 Å². The molecule has 0 heterocycles. The van der Waals surface area contributed by atoms with Gasteiger partial charge in [0.2, 0.25) is 0 Å². The first-order valence-electron chi connectivity index (χ1n) is 4.36. The van der Waals surface area contributed by atoms with E-state index in [1.165, 1.54) is 23.9 Å². The number of aliphatic carboxylic acids is 1. The summed E-state index contributed by atoms with van der Waals surface area (Å²) in [6, 6.07) is 5.96. The standard InChI is InChI=1S/C10H11FO3S/c11-7-2-1-3-9(4-7)15-6-8(12)5-10(13)14/h1-4,8,12H,5-6H2,(H,13,14). The van der Waals surface area contributed by atoms with Gasteiger partial charge in [-0.15, -0.1) is 11.8 Å². The molecule has 0 aromatic heterocycles. The van der Waals surface area contributed by atoms with E-state index in [1.807, 2.05) is 0 Å². The predicted octanol–water partition coefficient (Wildman–Crippen LogP) is 1.75. The maximum absolute atomic E-state index is 12.7. The second kappa shape index (κ2) is 5.72. The molecule has 0 saturated carbocycles. The fraction of sp³-hybridized carbons (Fsp3) is 0.300. The number of rotatable bonds is 5. The van der Waals surface area contributed by atoms with Gasteiger partial charge >= 0.3 is 5.97 Å². The van der Waals surface area contributed by atoms with E-state index in [-0.39, 0.29) is 18.0 Å². The van der Waals surface area contributed by atoms with E-state index in [9.17, 15) is 14.3 Å². The summed E-state index contributed by atoms with van der Waals surface area (Å²) in [5.74, 6) is -1.13. The van der Waals surface area contributed by atoms with Crippen molar-refractivity contribution in [3.63, 3.8) is 0 Å². The molecule has 0 fully saturated rings. The molecular weight excluding hydrogens is 219 g/mol. The molecule has 5 heteroatoms. The Balaban J connectivity index is 2.40. The van der Waals surface area contributed by atoms with Gasteiger partial charge in [0.1, 0.15) is 5.82 Å². The molecular formula is C10H11FO3S. The number of aliphatic hydroxyl groups is 1. The number of aliphatic hydroxyl groups excluding tert-OH is 1. The summed E-state index contributed by atoms with van der Waals surface area (Å²) < 4.78 is 12.7. The fourth-order valence-electron chi connectivity index (χ4n) is 1.01. The van der Waals surface area contributed by atoms with Crippen LogP contribution in [-0.2, 0) is 4.79 Å². The van der Waals surface area contributed by atoms with Gasteiger partial charge in [-0.3, -0.25) is 4.79 Å². The zero-order valence-corrected chi connectivity index (χ0v) is 8.71. The Bertz CT molecular complexity index is 343. The molecule has 0 saturated heterocycles. The van der Waals surface area contributed by atoms with Crippen LogP contribution in [0.5, 0.6) is 0 Å². The molecule has 0 bridgehead atoms. The van der Waals surface area contributed by atoms with Crippen LogP contribution in [0.15, 0.2) is 29.2 Å². The van der Waals surface area contributed by atoms with Gasteiger partial charge in [-0.05, 0) is 18.2 Å². The van der Waals surface area contributed by atoms with Gasteiger partial charge in [-0.1, -0.05) is 6.07 Å². The first-order valence-corrected chi connectivity index (χ1v) is 5.34. The molecule has 0 aliphatic carbocycles. The minimum atomic E-state index is -1.04. The van der Waals surface area contributed by atoms with E-state index >= 15 is 0 Å². The minimum absolute atomic E-state index is 0.246. The van der Waals surface area contributed by atoms with Crippen LogP contribution < -0.4 is 0 Å². The molecule has 1 aromatic rings. The Labute approximate surface area is 90.9 Å². The molecule has 82 valence electrons. The van der Waals surface area contributed by atoms with Crippen molar-refractivity contribution >= 4 is 17.7 Å². The fourth-order valence-corrected chi connectivity index (χ4v) is 1.88. The molecule has 0 aliphatic heterocycles. The van der Waals surface area contributed by atoms with Gasteiger partial charge in [0.25, 0.3) is 0 Å². The van der Waals surface area contributed by atoms with Gasteiger partial charge in [0.15, 0.2) is 0 Å². The number of carboxylic acid groups (broad SMARTS) is 1. The van der Waals surface area contributed by atoms with Crippen molar-refractivity contribution in [3.05, 3.63) is 30.1 Å². The quantitative estimate of drug-likeness (QED) is 0.757. The van der Waals surface area contributed by atoms with Crippen molar-refractivity contribution in [2.45, 2.75) is 17.4 Å². The molecule has 15 heavy (non-hydrogen) atoms. The van der Waals surface area contributed by atoms with Crippen LogP contribution in [0.4, 0.5) is 4.39 Å². The van der Waals surface area contributed by atoms with Crippen molar-refractivity contribution < 1.29 is 19.4 Å². The number of thioether (sulfide) groups is 1. The van der Waals surface area contributed by atoms with E-state index in [4.69, 9.17) is 5.11 Å². The third-order valence-corrected chi connectivity index (χ3v) is 2.79. The number of halogens is 1. The van der Waals surface area contributed by atoms with Crippen molar-refractivity contribution in [3.8, 4) is 0 Å². The van der Waals surface area contributed by atoms with Crippen LogP contribution in [0.1, 0.15) is 6.42 Å².